The third-order valence-electron chi connectivity index (χ3n) is 4.09. The summed E-state index contributed by atoms with van der Waals surface area (Å²) in [5.41, 5.74) is 2.34. The lowest BCUT2D eigenvalue weighted by Crippen LogP contribution is -2.13. The van der Waals surface area contributed by atoms with Gasteiger partial charge in [0.2, 0.25) is 11.8 Å². The van der Waals surface area contributed by atoms with E-state index in [-0.39, 0.29) is 11.6 Å². The second kappa shape index (κ2) is 7.29. The highest BCUT2D eigenvalue weighted by Crippen LogP contribution is 2.29. The molecule has 0 bridgehead atoms. The first-order valence-electron chi connectivity index (χ1n) is 8.39. The van der Waals surface area contributed by atoms with Crippen molar-refractivity contribution < 1.29 is 13.9 Å². The lowest BCUT2D eigenvalue weighted by atomic mass is 10.1. The minimum Gasteiger partial charge on any atom is -0.508 e. The number of anilines is 1. The smallest absolute Gasteiger partial charge is 0.247 e. The molecular weight excluding hydrogens is 345 g/mol. The summed E-state index contributed by atoms with van der Waals surface area (Å²) in [6.07, 6.45) is 0. The molecule has 134 valence electrons. The van der Waals surface area contributed by atoms with Gasteiger partial charge in [-0.2, -0.15) is 0 Å². The predicted molar refractivity (Wildman–Crippen MR) is 99.7 cm³/mol. The molecule has 0 aliphatic rings. The van der Waals surface area contributed by atoms with Crippen molar-refractivity contribution in [2.24, 2.45) is 0 Å². The van der Waals surface area contributed by atoms with Crippen LogP contribution in [0.25, 0.3) is 11.5 Å². The summed E-state index contributed by atoms with van der Waals surface area (Å²) >= 11 is 0. The van der Waals surface area contributed by atoms with Gasteiger partial charge in [0.25, 0.3) is 0 Å². The molecule has 6 heteroatoms. The topological polar surface area (TPSA) is 71.2 Å². The van der Waals surface area contributed by atoms with E-state index in [2.05, 4.69) is 15.5 Å². The van der Waals surface area contributed by atoms with Gasteiger partial charge in [0.1, 0.15) is 17.6 Å². The Balaban J connectivity index is 1.70. The summed E-state index contributed by atoms with van der Waals surface area (Å²) in [5.74, 6) is 0.611. The molecule has 0 saturated heterocycles. The highest BCUT2D eigenvalue weighted by Gasteiger charge is 2.21. The first-order chi connectivity index (χ1) is 13.2. The molecule has 1 aromatic heterocycles. The van der Waals surface area contributed by atoms with Crippen molar-refractivity contribution in [3.8, 4) is 17.2 Å². The average Bonchev–Trinajstić information content (AvgIpc) is 3.19. The molecular formula is C21H16FN3O2. The van der Waals surface area contributed by atoms with Crippen LogP contribution in [-0.2, 0) is 0 Å². The minimum absolute atomic E-state index is 0.169. The summed E-state index contributed by atoms with van der Waals surface area (Å²) < 4.78 is 19.2. The van der Waals surface area contributed by atoms with E-state index < -0.39 is 6.04 Å². The maximum Gasteiger partial charge on any atom is 0.247 e. The van der Waals surface area contributed by atoms with E-state index in [9.17, 15) is 9.50 Å². The van der Waals surface area contributed by atoms with E-state index in [1.54, 1.807) is 36.4 Å². The Morgan fingerprint density at radius 2 is 1.56 bits per heavy atom. The van der Waals surface area contributed by atoms with Crippen LogP contribution in [0.1, 0.15) is 17.5 Å². The lowest BCUT2D eigenvalue weighted by Gasteiger charge is -2.17. The van der Waals surface area contributed by atoms with Crippen LogP contribution in [0, 0.1) is 5.82 Å². The van der Waals surface area contributed by atoms with Crippen molar-refractivity contribution >= 4 is 5.69 Å². The molecule has 4 aromatic rings. The third-order valence-corrected chi connectivity index (χ3v) is 4.09. The van der Waals surface area contributed by atoms with Gasteiger partial charge in [-0.15, -0.1) is 10.2 Å². The number of nitrogens with one attached hydrogen (secondary N) is 1. The second-order valence-electron chi connectivity index (χ2n) is 5.99. The van der Waals surface area contributed by atoms with Gasteiger partial charge in [-0.05, 0) is 54.1 Å². The zero-order valence-electron chi connectivity index (χ0n) is 14.2. The van der Waals surface area contributed by atoms with Crippen molar-refractivity contribution in [3.05, 3.63) is 96.1 Å². The predicted octanol–water partition coefficient (Wildman–Crippen LogP) is 4.78. The number of aromatic nitrogens is 2. The van der Waals surface area contributed by atoms with Crippen LogP contribution in [0.5, 0.6) is 5.75 Å². The van der Waals surface area contributed by atoms with E-state index in [0.717, 1.165) is 16.8 Å². The van der Waals surface area contributed by atoms with Crippen molar-refractivity contribution in [1.82, 2.24) is 10.2 Å². The van der Waals surface area contributed by atoms with E-state index in [4.69, 9.17) is 4.42 Å². The number of phenols is 1. The molecule has 0 fully saturated rings. The average molecular weight is 361 g/mol. The summed E-state index contributed by atoms with van der Waals surface area (Å²) in [7, 11) is 0. The normalized spacial score (nSPS) is 11.9. The Labute approximate surface area is 155 Å². The highest BCUT2D eigenvalue weighted by molar-refractivity contribution is 5.53. The molecule has 0 saturated carbocycles. The first-order valence-corrected chi connectivity index (χ1v) is 8.39. The van der Waals surface area contributed by atoms with Gasteiger partial charge in [0.15, 0.2) is 0 Å². The molecule has 0 spiro atoms. The number of benzene rings is 3. The van der Waals surface area contributed by atoms with Crippen molar-refractivity contribution in [3.63, 3.8) is 0 Å². The number of halogens is 1. The number of hydrogen-bond acceptors (Lipinski definition) is 5. The summed E-state index contributed by atoms with van der Waals surface area (Å²) in [5, 5.41) is 21.1. The molecule has 0 aliphatic carbocycles. The third kappa shape index (κ3) is 3.79. The van der Waals surface area contributed by atoms with Crippen LogP contribution in [0.2, 0.25) is 0 Å². The number of phenolic OH excluding ortho intramolecular Hbond substituents is 1. The van der Waals surface area contributed by atoms with Gasteiger partial charge in [0, 0.05) is 11.3 Å². The largest absolute Gasteiger partial charge is 0.508 e. The monoisotopic (exact) mass is 361 g/mol. The van der Waals surface area contributed by atoms with Crippen molar-refractivity contribution in [2.45, 2.75) is 6.04 Å². The molecule has 5 nitrogen and oxygen atoms in total. The summed E-state index contributed by atoms with van der Waals surface area (Å²) in [4.78, 5) is 0. The quantitative estimate of drug-likeness (QED) is 0.501. The molecule has 0 amide bonds. The van der Waals surface area contributed by atoms with Crippen LogP contribution >= 0.6 is 0 Å². The molecule has 0 aliphatic heterocycles. The van der Waals surface area contributed by atoms with Gasteiger partial charge >= 0.3 is 0 Å². The zero-order chi connectivity index (χ0) is 18.6. The SMILES string of the molecule is Oc1ccc(N[C@@H](c2ccc(F)cc2)c2nnc(-c3ccccc3)o2)cc1. The Hall–Kier alpha value is -3.67. The van der Waals surface area contributed by atoms with Crippen LogP contribution in [-0.4, -0.2) is 15.3 Å². The molecule has 27 heavy (non-hydrogen) atoms. The molecule has 0 unspecified atom stereocenters. The molecule has 0 radical (unpaired) electrons. The van der Waals surface area contributed by atoms with E-state index >= 15 is 0 Å². The second-order valence-corrected chi connectivity index (χ2v) is 5.99. The van der Waals surface area contributed by atoms with Gasteiger partial charge in [0.05, 0.1) is 0 Å². The first kappa shape index (κ1) is 16.8. The van der Waals surface area contributed by atoms with Crippen molar-refractivity contribution in [1.29, 1.82) is 0 Å². The van der Waals surface area contributed by atoms with Crippen LogP contribution in [0.3, 0.4) is 0 Å². The fourth-order valence-corrected chi connectivity index (χ4v) is 2.72. The van der Waals surface area contributed by atoms with E-state index in [0.29, 0.717) is 11.8 Å². The van der Waals surface area contributed by atoms with Gasteiger partial charge in [-0.1, -0.05) is 30.3 Å². The van der Waals surface area contributed by atoms with E-state index in [1.807, 2.05) is 30.3 Å². The standard InChI is InChI=1S/C21H16FN3O2/c22-16-8-6-14(7-9-16)19(23-17-10-12-18(26)13-11-17)21-25-24-20(27-21)15-4-2-1-3-5-15/h1-13,19,23,26H/t19-/m0/s1. The lowest BCUT2D eigenvalue weighted by molar-refractivity contribution is 0.475. The van der Waals surface area contributed by atoms with Gasteiger partial charge in [-0.25, -0.2) is 4.39 Å². The van der Waals surface area contributed by atoms with Crippen LogP contribution in [0.15, 0.2) is 83.3 Å². The fraction of sp³-hybridized carbons (Fsp3) is 0.0476. The Morgan fingerprint density at radius 1 is 0.852 bits per heavy atom. The number of aromatic hydroxyl groups is 1. The molecule has 1 atom stereocenters. The fourth-order valence-electron chi connectivity index (χ4n) is 2.72. The summed E-state index contributed by atoms with van der Waals surface area (Å²) in [6, 6.07) is 21.7. The maximum absolute atomic E-state index is 13.3. The molecule has 2 N–H and O–H groups in total. The Kier molecular flexibility index (Phi) is 4.53. The van der Waals surface area contributed by atoms with Crippen LogP contribution < -0.4 is 5.32 Å². The molecule has 1 heterocycles. The molecule has 4 rings (SSSR count). The number of rotatable bonds is 5. The summed E-state index contributed by atoms with van der Waals surface area (Å²) in [6.45, 7) is 0. The number of nitrogens with zero attached hydrogens (tertiary/aromatic N) is 2. The zero-order valence-corrected chi connectivity index (χ0v) is 14.2. The Bertz CT molecular complexity index is 1020. The maximum atomic E-state index is 13.3. The minimum atomic E-state index is -0.472. The van der Waals surface area contributed by atoms with Gasteiger partial charge in [-0.3, -0.25) is 0 Å². The van der Waals surface area contributed by atoms with E-state index in [1.165, 1.54) is 12.1 Å². The highest BCUT2D eigenvalue weighted by atomic mass is 19.1. The van der Waals surface area contributed by atoms with Gasteiger partial charge < -0.3 is 14.8 Å². The van der Waals surface area contributed by atoms with Crippen molar-refractivity contribution in [2.75, 3.05) is 5.32 Å². The Morgan fingerprint density at radius 3 is 2.26 bits per heavy atom. The molecule has 3 aromatic carbocycles. The van der Waals surface area contributed by atoms with Crippen LogP contribution in [0.4, 0.5) is 10.1 Å². The number of hydrogen-bond donors (Lipinski definition) is 2.